The van der Waals surface area contributed by atoms with Crippen LogP contribution in [0.2, 0.25) is 5.02 Å². The van der Waals surface area contributed by atoms with Crippen LogP contribution in [0, 0.1) is 0 Å². The Morgan fingerprint density at radius 2 is 2.20 bits per heavy atom. The Kier molecular flexibility index (Phi) is 7.04. The summed E-state index contributed by atoms with van der Waals surface area (Å²) in [6.45, 7) is 1.61. The number of aliphatic hydroxyl groups excluding tert-OH is 1. The molecule has 0 aromatic heterocycles. The van der Waals surface area contributed by atoms with Crippen LogP contribution in [0.15, 0.2) is 23.1 Å². The van der Waals surface area contributed by atoms with Gasteiger partial charge in [-0.15, -0.1) is 0 Å². The number of rotatable bonds is 6. The number of carbonyl (C=O) groups excluding carboxylic acids is 1. The van der Waals surface area contributed by atoms with E-state index in [1.54, 1.807) is 13.0 Å². The van der Waals surface area contributed by atoms with E-state index in [2.05, 4.69) is 10.6 Å². The van der Waals surface area contributed by atoms with Crippen molar-refractivity contribution in [3.8, 4) is 0 Å². The minimum atomic E-state index is -2.64. The summed E-state index contributed by atoms with van der Waals surface area (Å²) in [7, 11) is 0. The monoisotopic (exact) mass is 324 g/mol. The summed E-state index contributed by atoms with van der Waals surface area (Å²) in [5.74, 6) is -2.64. The second-order valence-corrected chi connectivity index (χ2v) is 5.29. The van der Waals surface area contributed by atoms with Gasteiger partial charge in [-0.2, -0.15) is 8.78 Å². The first-order valence-corrected chi connectivity index (χ1v) is 7.15. The van der Waals surface area contributed by atoms with E-state index in [0.29, 0.717) is 6.42 Å². The highest BCUT2D eigenvalue weighted by Crippen LogP contribution is 2.37. The molecule has 8 heteroatoms. The van der Waals surface area contributed by atoms with Gasteiger partial charge in [0.15, 0.2) is 0 Å². The largest absolute Gasteiger partial charge is 0.394 e. The Hall–Kier alpha value is -1.05. The number of alkyl halides is 2. The van der Waals surface area contributed by atoms with Gasteiger partial charge in [0.05, 0.1) is 28.3 Å². The van der Waals surface area contributed by atoms with Crippen LogP contribution in [0.1, 0.15) is 13.3 Å². The molecule has 1 unspecified atom stereocenters. The van der Waals surface area contributed by atoms with Gasteiger partial charge in [0.2, 0.25) is 0 Å². The van der Waals surface area contributed by atoms with Crippen molar-refractivity contribution in [2.75, 3.05) is 11.9 Å². The van der Waals surface area contributed by atoms with Crippen LogP contribution in [0.4, 0.5) is 19.3 Å². The molecule has 0 aliphatic carbocycles. The molecule has 0 spiro atoms. The van der Waals surface area contributed by atoms with E-state index in [1.165, 1.54) is 12.1 Å². The number of carbonyl (C=O) groups is 1. The SMILES string of the molecule is CCC(CO)NC(=O)Nc1cccc(Cl)c1SC(F)F. The zero-order valence-corrected chi connectivity index (χ0v) is 12.3. The number of hydrogen-bond donors (Lipinski definition) is 3. The highest BCUT2D eigenvalue weighted by Gasteiger charge is 2.16. The molecular formula is C12H15ClF2N2O2S. The van der Waals surface area contributed by atoms with E-state index in [4.69, 9.17) is 16.7 Å². The third-order valence-electron chi connectivity index (χ3n) is 2.47. The Labute approximate surface area is 124 Å². The number of nitrogens with one attached hydrogen (secondary N) is 2. The molecule has 0 heterocycles. The van der Waals surface area contributed by atoms with Crippen molar-refractivity contribution >= 4 is 35.1 Å². The van der Waals surface area contributed by atoms with Crippen molar-refractivity contribution in [2.45, 2.75) is 30.0 Å². The Morgan fingerprint density at radius 3 is 2.75 bits per heavy atom. The summed E-state index contributed by atoms with van der Waals surface area (Å²) in [6.07, 6.45) is 0.554. The molecular weight excluding hydrogens is 310 g/mol. The van der Waals surface area contributed by atoms with E-state index >= 15 is 0 Å². The van der Waals surface area contributed by atoms with Gasteiger partial charge in [0, 0.05) is 0 Å². The minimum absolute atomic E-state index is 0.108. The lowest BCUT2D eigenvalue weighted by Gasteiger charge is -2.16. The normalized spacial score (nSPS) is 12.3. The quantitative estimate of drug-likeness (QED) is 0.701. The van der Waals surface area contributed by atoms with Crippen LogP contribution >= 0.6 is 23.4 Å². The van der Waals surface area contributed by atoms with E-state index in [0.717, 1.165) is 0 Å². The van der Waals surface area contributed by atoms with Crippen LogP contribution in [-0.4, -0.2) is 29.5 Å². The van der Waals surface area contributed by atoms with Crippen molar-refractivity contribution in [2.24, 2.45) is 0 Å². The van der Waals surface area contributed by atoms with Gasteiger partial charge in [0.1, 0.15) is 0 Å². The van der Waals surface area contributed by atoms with Gasteiger partial charge in [0.25, 0.3) is 5.76 Å². The number of halogens is 3. The van der Waals surface area contributed by atoms with Crippen molar-refractivity contribution in [3.63, 3.8) is 0 Å². The Balaban J connectivity index is 2.81. The minimum Gasteiger partial charge on any atom is -0.394 e. The lowest BCUT2D eigenvalue weighted by molar-refractivity contribution is 0.222. The van der Waals surface area contributed by atoms with Gasteiger partial charge < -0.3 is 15.7 Å². The van der Waals surface area contributed by atoms with Crippen molar-refractivity contribution in [1.82, 2.24) is 5.32 Å². The fraction of sp³-hybridized carbons (Fsp3) is 0.417. The second-order valence-electron chi connectivity index (χ2n) is 3.88. The number of hydrogen-bond acceptors (Lipinski definition) is 3. The number of urea groups is 1. The van der Waals surface area contributed by atoms with E-state index < -0.39 is 11.8 Å². The topological polar surface area (TPSA) is 61.4 Å². The second kappa shape index (κ2) is 8.28. The highest BCUT2D eigenvalue weighted by molar-refractivity contribution is 7.99. The molecule has 2 amide bonds. The number of amides is 2. The first-order valence-electron chi connectivity index (χ1n) is 5.89. The number of thioether (sulfide) groups is 1. The molecule has 4 nitrogen and oxygen atoms in total. The van der Waals surface area contributed by atoms with Crippen molar-refractivity contribution in [3.05, 3.63) is 23.2 Å². The first kappa shape index (κ1) is 17.0. The average Bonchev–Trinajstić information content (AvgIpc) is 2.39. The molecule has 1 rings (SSSR count). The summed E-state index contributed by atoms with van der Waals surface area (Å²) in [5.41, 5.74) is 0.202. The Bertz CT molecular complexity index is 459. The number of aliphatic hydroxyl groups is 1. The average molecular weight is 325 g/mol. The molecule has 0 bridgehead atoms. The van der Waals surface area contributed by atoms with Gasteiger partial charge in [-0.25, -0.2) is 4.79 Å². The molecule has 0 aliphatic heterocycles. The molecule has 0 fully saturated rings. The van der Waals surface area contributed by atoms with Crippen LogP contribution in [0.3, 0.4) is 0 Å². The van der Waals surface area contributed by atoms with Crippen LogP contribution in [0.5, 0.6) is 0 Å². The maximum Gasteiger partial charge on any atom is 0.319 e. The predicted octanol–water partition coefficient (Wildman–Crippen LogP) is 3.55. The van der Waals surface area contributed by atoms with Crippen LogP contribution in [-0.2, 0) is 0 Å². The summed E-state index contributed by atoms with van der Waals surface area (Å²) >= 11 is 6.12. The fourth-order valence-electron chi connectivity index (χ4n) is 1.44. The zero-order valence-electron chi connectivity index (χ0n) is 10.7. The maximum absolute atomic E-state index is 12.5. The molecule has 1 aromatic carbocycles. The molecule has 1 atom stereocenters. The van der Waals surface area contributed by atoms with Crippen molar-refractivity contribution in [1.29, 1.82) is 0 Å². The van der Waals surface area contributed by atoms with Gasteiger partial charge in [-0.1, -0.05) is 36.4 Å². The Morgan fingerprint density at radius 1 is 1.50 bits per heavy atom. The van der Waals surface area contributed by atoms with Crippen LogP contribution in [0.25, 0.3) is 0 Å². The molecule has 112 valence electrons. The first-order chi connectivity index (χ1) is 9.47. The van der Waals surface area contributed by atoms with Gasteiger partial charge in [-0.3, -0.25) is 0 Å². The molecule has 0 saturated carbocycles. The van der Waals surface area contributed by atoms with E-state index in [1.807, 2.05) is 0 Å². The molecule has 1 aromatic rings. The maximum atomic E-state index is 12.5. The molecule has 0 aliphatic rings. The molecule has 3 N–H and O–H groups in total. The smallest absolute Gasteiger partial charge is 0.319 e. The third kappa shape index (κ3) is 5.15. The zero-order chi connectivity index (χ0) is 15.1. The van der Waals surface area contributed by atoms with Gasteiger partial charge in [-0.05, 0) is 18.6 Å². The lowest BCUT2D eigenvalue weighted by atomic mass is 10.2. The predicted molar refractivity (Wildman–Crippen MR) is 76.6 cm³/mol. The van der Waals surface area contributed by atoms with Gasteiger partial charge >= 0.3 is 6.03 Å². The highest BCUT2D eigenvalue weighted by atomic mass is 35.5. The van der Waals surface area contributed by atoms with Crippen LogP contribution < -0.4 is 10.6 Å². The van der Waals surface area contributed by atoms with Crippen molar-refractivity contribution < 1.29 is 18.7 Å². The van der Waals surface area contributed by atoms with E-state index in [-0.39, 0.29) is 40.0 Å². The van der Waals surface area contributed by atoms with E-state index in [9.17, 15) is 13.6 Å². The summed E-state index contributed by atoms with van der Waals surface area (Å²) in [4.78, 5) is 11.8. The molecule has 0 radical (unpaired) electrons. The molecule has 20 heavy (non-hydrogen) atoms. The number of anilines is 1. The number of benzene rings is 1. The third-order valence-corrected chi connectivity index (χ3v) is 3.75. The standard InChI is InChI=1S/C12H15ClF2N2O2S/c1-2-7(6-18)16-12(19)17-9-5-3-4-8(13)10(9)20-11(14)15/h3-5,7,11,18H,2,6H2,1H3,(H2,16,17,19). The fourth-order valence-corrected chi connectivity index (χ4v) is 2.35. The summed E-state index contributed by atoms with van der Waals surface area (Å²) in [6, 6.07) is 3.54. The summed E-state index contributed by atoms with van der Waals surface area (Å²) in [5, 5.41) is 14.1. The molecule has 0 saturated heterocycles. The lowest BCUT2D eigenvalue weighted by Crippen LogP contribution is -2.39. The summed E-state index contributed by atoms with van der Waals surface area (Å²) < 4.78 is 25.0.